The summed E-state index contributed by atoms with van der Waals surface area (Å²) in [5.41, 5.74) is -0.0539. The summed E-state index contributed by atoms with van der Waals surface area (Å²) < 4.78 is 66.5. The van der Waals surface area contributed by atoms with E-state index in [-0.39, 0.29) is 10.5 Å². The molecule has 29 heavy (non-hydrogen) atoms. The summed E-state index contributed by atoms with van der Waals surface area (Å²) in [6, 6.07) is 5.00. The van der Waals surface area contributed by atoms with Crippen molar-refractivity contribution < 1.29 is 26.4 Å². The first-order valence-electron chi connectivity index (χ1n) is 8.88. The largest absolute Gasteiger partial charge is 0.371 e. The minimum absolute atomic E-state index is 0.000965. The summed E-state index contributed by atoms with van der Waals surface area (Å²) in [6.45, 7) is 1.36. The summed E-state index contributed by atoms with van der Waals surface area (Å²) in [5, 5.41) is 2.21. The van der Waals surface area contributed by atoms with E-state index in [1.807, 2.05) is 4.90 Å². The smallest absolute Gasteiger partial charge is 0.257 e. The highest BCUT2D eigenvalue weighted by Crippen LogP contribution is 2.29. The second-order valence-corrected chi connectivity index (χ2v) is 9.01. The van der Waals surface area contributed by atoms with Crippen LogP contribution in [-0.2, 0) is 10.0 Å². The molecule has 1 fully saturated rings. The van der Waals surface area contributed by atoms with E-state index in [1.165, 1.54) is 32.3 Å². The van der Waals surface area contributed by atoms with Crippen molar-refractivity contribution in [2.45, 2.75) is 17.7 Å². The standard InChI is InChI=1S/C19H20F3N3O3S/c1-24(2)29(27,28)12-5-6-18(25-7-3-4-8-25)13(9-12)19(26)23-17-11-15(21)14(20)10-16(17)22/h5-6,9-11H,3-4,7-8H2,1-2H3,(H,23,26). The van der Waals surface area contributed by atoms with E-state index in [0.717, 1.165) is 17.1 Å². The molecule has 0 unspecified atom stereocenters. The SMILES string of the molecule is CN(C)S(=O)(=O)c1ccc(N2CCCC2)c(C(=O)Nc2cc(F)c(F)cc2F)c1. The van der Waals surface area contributed by atoms with Crippen molar-refractivity contribution in [2.75, 3.05) is 37.4 Å². The number of hydrogen-bond donors (Lipinski definition) is 1. The number of anilines is 2. The van der Waals surface area contributed by atoms with Crippen LogP contribution in [0.3, 0.4) is 0 Å². The third-order valence-electron chi connectivity index (χ3n) is 4.70. The van der Waals surface area contributed by atoms with Crippen LogP contribution in [-0.4, -0.2) is 45.8 Å². The van der Waals surface area contributed by atoms with E-state index >= 15 is 0 Å². The minimum Gasteiger partial charge on any atom is -0.371 e. The molecule has 0 aliphatic carbocycles. The first-order chi connectivity index (χ1) is 13.6. The van der Waals surface area contributed by atoms with Gasteiger partial charge in [-0.1, -0.05) is 0 Å². The Bertz CT molecular complexity index is 1050. The molecule has 1 heterocycles. The Labute approximate surface area is 167 Å². The predicted octanol–water partition coefficient (Wildman–Crippen LogP) is 3.21. The molecule has 1 aliphatic heterocycles. The molecule has 0 aromatic heterocycles. The van der Waals surface area contributed by atoms with Gasteiger partial charge in [-0.15, -0.1) is 0 Å². The molecule has 1 N–H and O–H groups in total. The van der Waals surface area contributed by atoms with E-state index in [2.05, 4.69) is 5.32 Å². The summed E-state index contributed by atoms with van der Waals surface area (Å²) >= 11 is 0. The number of halogens is 3. The van der Waals surface area contributed by atoms with Gasteiger partial charge in [-0.3, -0.25) is 4.79 Å². The van der Waals surface area contributed by atoms with Gasteiger partial charge in [-0.25, -0.2) is 25.9 Å². The van der Waals surface area contributed by atoms with Crippen molar-refractivity contribution >= 4 is 27.3 Å². The molecule has 0 radical (unpaired) electrons. The van der Waals surface area contributed by atoms with Crippen LogP contribution in [0.1, 0.15) is 23.2 Å². The van der Waals surface area contributed by atoms with Gasteiger partial charge in [-0.2, -0.15) is 0 Å². The van der Waals surface area contributed by atoms with Crippen molar-refractivity contribution in [2.24, 2.45) is 0 Å². The van der Waals surface area contributed by atoms with Gasteiger partial charge in [0.15, 0.2) is 11.6 Å². The number of nitrogens with one attached hydrogen (secondary N) is 1. The van der Waals surface area contributed by atoms with Crippen LogP contribution in [0.5, 0.6) is 0 Å². The van der Waals surface area contributed by atoms with Gasteiger partial charge in [0, 0.05) is 45.0 Å². The second-order valence-electron chi connectivity index (χ2n) is 6.86. The van der Waals surface area contributed by atoms with Gasteiger partial charge >= 0.3 is 0 Å². The Hall–Kier alpha value is -2.59. The molecule has 1 amide bonds. The molecular weight excluding hydrogens is 407 g/mol. The minimum atomic E-state index is -3.82. The molecule has 1 saturated heterocycles. The Morgan fingerprint density at radius 1 is 1.00 bits per heavy atom. The zero-order valence-electron chi connectivity index (χ0n) is 15.9. The molecule has 0 atom stereocenters. The zero-order valence-corrected chi connectivity index (χ0v) is 16.7. The molecule has 6 nitrogen and oxygen atoms in total. The molecule has 156 valence electrons. The fraction of sp³-hybridized carbons (Fsp3) is 0.316. The molecule has 1 aliphatic rings. The van der Waals surface area contributed by atoms with Gasteiger partial charge in [0.1, 0.15) is 5.82 Å². The van der Waals surface area contributed by atoms with Crippen LogP contribution in [0.4, 0.5) is 24.5 Å². The quantitative estimate of drug-likeness (QED) is 0.744. The van der Waals surface area contributed by atoms with Crippen LogP contribution >= 0.6 is 0 Å². The van der Waals surface area contributed by atoms with Crippen molar-refractivity contribution in [3.63, 3.8) is 0 Å². The van der Waals surface area contributed by atoms with Crippen LogP contribution in [0, 0.1) is 17.5 Å². The summed E-state index contributed by atoms with van der Waals surface area (Å²) in [4.78, 5) is 14.7. The summed E-state index contributed by atoms with van der Waals surface area (Å²) in [6.07, 6.45) is 1.83. The molecule has 2 aromatic carbocycles. The maximum Gasteiger partial charge on any atom is 0.257 e. The second kappa shape index (κ2) is 8.03. The fourth-order valence-electron chi connectivity index (χ4n) is 3.11. The van der Waals surface area contributed by atoms with Crippen LogP contribution in [0.25, 0.3) is 0 Å². The predicted molar refractivity (Wildman–Crippen MR) is 103 cm³/mol. The number of carbonyl (C=O) groups excluding carboxylic acids is 1. The first-order valence-corrected chi connectivity index (χ1v) is 10.3. The van der Waals surface area contributed by atoms with Crippen molar-refractivity contribution in [3.05, 3.63) is 53.3 Å². The number of sulfonamides is 1. The molecule has 2 aromatic rings. The summed E-state index contributed by atoms with van der Waals surface area (Å²) in [7, 11) is -1.09. The molecule has 3 rings (SSSR count). The molecule has 0 spiro atoms. The van der Waals surface area contributed by atoms with Crippen LogP contribution in [0.15, 0.2) is 35.2 Å². The number of rotatable bonds is 5. The average molecular weight is 427 g/mol. The monoisotopic (exact) mass is 427 g/mol. The van der Waals surface area contributed by atoms with Crippen LogP contribution in [0.2, 0.25) is 0 Å². The number of nitrogens with zero attached hydrogens (tertiary/aromatic N) is 2. The van der Waals surface area contributed by atoms with Gasteiger partial charge in [0.05, 0.1) is 16.1 Å². The Kier molecular flexibility index (Phi) is 5.85. The maximum atomic E-state index is 13.9. The lowest BCUT2D eigenvalue weighted by Crippen LogP contribution is -2.26. The van der Waals surface area contributed by atoms with Gasteiger partial charge in [0.2, 0.25) is 10.0 Å². The third-order valence-corrected chi connectivity index (χ3v) is 6.51. The first kappa shape index (κ1) is 21.1. The lowest BCUT2D eigenvalue weighted by molar-refractivity contribution is 0.102. The Morgan fingerprint density at radius 3 is 2.24 bits per heavy atom. The molecule has 0 bridgehead atoms. The van der Waals surface area contributed by atoms with Gasteiger partial charge in [-0.05, 0) is 31.0 Å². The lowest BCUT2D eigenvalue weighted by Gasteiger charge is -2.22. The topological polar surface area (TPSA) is 69.7 Å². The highest BCUT2D eigenvalue weighted by atomic mass is 32.2. The van der Waals surface area contributed by atoms with Crippen molar-refractivity contribution in [3.8, 4) is 0 Å². The highest BCUT2D eigenvalue weighted by molar-refractivity contribution is 7.89. The summed E-state index contributed by atoms with van der Waals surface area (Å²) in [5.74, 6) is -4.66. The van der Waals surface area contributed by atoms with Gasteiger partial charge < -0.3 is 10.2 Å². The van der Waals surface area contributed by atoms with Crippen LogP contribution < -0.4 is 10.2 Å². The maximum absolute atomic E-state index is 13.9. The zero-order chi connectivity index (χ0) is 21.3. The molecule has 10 heteroatoms. The number of carbonyl (C=O) groups is 1. The van der Waals surface area contributed by atoms with Crippen molar-refractivity contribution in [1.29, 1.82) is 0 Å². The lowest BCUT2D eigenvalue weighted by atomic mass is 10.1. The van der Waals surface area contributed by atoms with E-state index in [1.54, 1.807) is 0 Å². The fourth-order valence-corrected chi connectivity index (χ4v) is 4.04. The van der Waals surface area contributed by atoms with E-state index in [9.17, 15) is 26.4 Å². The van der Waals surface area contributed by atoms with E-state index < -0.39 is 39.1 Å². The van der Waals surface area contributed by atoms with E-state index in [4.69, 9.17) is 0 Å². The number of amides is 1. The number of benzene rings is 2. The highest BCUT2D eigenvalue weighted by Gasteiger charge is 2.25. The molecular formula is C19H20F3N3O3S. The van der Waals surface area contributed by atoms with Gasteiger partial charge in [0.25, 0.3) is 5.91 Å². The normalized spacial score (nSPS) is 14.5. The Morgan fingerprint density at radius 2 is 1.62 bits per heavy atom. The third kappa shape index (κ3) is 4.23. The van der Waals surface area contributed by atoms with Crippen molar-refractivity contribution in [1.82, 2.24) is 4.31 Å². The van der Waals surface area contributed by atoms with E-state index in [0.29, 0.717) is 30.9 Å². The molecule has 0 saturated carbocycles. The Balaban J connectivity index is 2.05. The average Bonchev–Trinajstić information content (AvgIpc) is 3.20. The number of hydrogen-bond acceptors (Lipinski definition) is 4.